The second-order valence-electron chi connectivity index (χ2n) is 8.26. The van der Waals surface area contributed by atoms with Crippen molar-refractivity contribution in [2.75, 3.05) is 6.54 Å². The average molecular weight is 408 g/mol. The minimum atomic E-state index is -1.65. The summed E-state index contributed by atoms with van der Waals surface area (Å²) in [5, 5.41) is 9.57. The second-order valence-corrected chi connectivity index (χ2v) is 8.26. The molecule has 1 unspecified atom stereocenters. The first-order valence-corrected chi connectivity index (χ1v) is 9.93. The lowest BCUT2D eigenvalue weighted by Crippen LogP contribution is -2.52. The van der Waals surface area contributed by atoms with Gasteiger partial charge in [-0.3, -0.25) is 9.69 Å². The number of aliphatic carboxylic acids is 1. The van der Waals surface area contributed by atoms with E-state index in [9.17, 15) is 19.5 Å². The first-order chi connectivity index (χ1) is 13.5. The summed E-state index contributed by atoms with van der Waals surface area (Å²) in [6, 6.07) is 9.21. The van der Waals surface area contributed by atoms with Crippen LogP contribution in [0.1, 0.15) is 65.9 Å². The van der Waals surface area contributed by atoms with Crippen LogP contribution in [0.5, 0.6) is 0 Å². The summed E-state index contributed by atoms with van der Waals surface area (Å²) in [4.78, 5) is 38.0. The van der Waals surface area contributed by atoms with E-state index in [0.717, 1.165) is 18.4 Å². The fraction of sp³-hybridized carbons (Fsp3) is 0.591. The number of ether oxygens (including phenoxy) is 2. The third-order valence-corrected chi connectivity index (χ3v) is 4.58. The highest BCUT2D eigenvalue weighted by Crippen LogP contribution is 2.24. The molecule has 162 valence electrons. The van der Waals surface area contributed by atoms with Crippen molar-refractivity contribution >= 4 is 18.0 Å². The van der Waals surface area contributed by atoms with Gasteiger partial charge in [-0.1, -0.05) is 50.1 Å². The Morgan fingerprint density at radius 2 is 1.66 bits per heavy atom. The molecule has 0 aliphatic heterocycles. The Hall–Kier alpha value is -2.57. The van der Waals surface area contributed by atoms with Crippen molar-refractivity contribution in [1.82, 2.24) is 4.90 Å². The number of carbonyl (C=O) groups is 3. The van der Waals surface area contributed by atoms with Gasteiger partial charge in [-0.15, -0.1) is 0 Å². The molecule has 0 bridgehead atoms. The molecule has 0 saturated heterocycles. The van der Waals surface area contributed by atoms with Crippen LogP contribution in [-0.4, -0.2) is 45.7 Å². The molecule has 7 nitrogen and oxygen atoms in total. The molecular formula is C22H33NO6. The molecule has 1 aromatic carbocycles. The first kappa shape index (κ1) is 24.5. The van der Waals surface area contributed by atoms with Crippen molar-refractivity contribution in [2.45, 2.75) is 78.0 Å². The van der Waals surface area contributed by atoms with Crippen molar-refractivity contribution in [2.24, 2.45) is 0 Å². The molecule has 1 aromatic rings. The number of hydrogen-bond donors (Lipinski definition) is 1. The van der Waals surface area contributed by atoms with Gasteiger partial charge in [0.2, 0.25) is 5.60 Å². The zero-order valence-electron chi connectivity index (χ0n) is 18.1. The minimum absolute atomic E-state index is 0.0938. The molecule has 0 aliphatic carbocycles. The van der Waals surface area contributed by atoms with Crippen LogP contribution in [0, 0.1) is 0 Å². The second kappa shape index (κ2) is 10.8. The molecule has 1 rings (SSSR count). The average Bonchev–Trinajstić information content (AvgIpc) is 2.64. The number of carboxylic acids is 1. The minimum Gasteiger partial charge on any atom is -0.478 e. The molecule has 0 radical (unpaired) electrons. The van der Waals surface area contributed by atoms with Crippen LogP contribution in [0.3, 0.4) is 0 Å². The maximum atomic E-state index is 12.8. The summed E-state index contributed by atoms with van der Waals surface area (Å²) in [6.07, 6.45) is 1.75. The lowest BCUT2D eigenvalue weighted by Gasteiger charge is -2.36. The Kier molecular flexibility index (Phi) is 9.14. The lowest BCUT2D eigenvalue weighted by molar-refractivity contribution is -0.159. The predicted molar refractivity (Wildman–Crippen MR) is 109 cm³/mol. The zero-order valence-corrected chi connectivity index (χ0v) is 18.1. The van der Waals surface area contributed by atoms with Crippen molar-refractivity contribution in [3.63, 3.8) is 0 Å². The van der Waals surface area contributed by atoms with E-state index in [1.54, 1.807) is 20.8 Å². The van der Waals surface area contributed by atoms with Crippen molar-refractivity contribution in [1.29, 1.82) is 0 Å². The largest absolute Gasteiger partial charge is 0.478 e. The lowest BCUT2D eigenvalue weighted by atomic mass is 9.98. The number of amides is 1. The molecule has 0 heterocycles. The van der Waals surface area contributed by atoms with E-state index < -0.39 is 29.2 Å². The fourth-order valence-electron chi connectivity index (χ4n) is 2.65. The number of carboxylic acid groups (broad SMARTS) is 1. The third kappa shape index (κ3) is 8.13. The molecule has 0 fully saturated rings. The Labute approximate surface area is 173 Å². The molecule has 0 saturated carbocycles. The molecular weight excluding hydrogens is 374 g/mol. The van der Waals surface area contributed by atoms with Gasteiger partial charge in [-0.25, -0.2) is 9.59 Å². The Morgan fingerprint density at radius 3 is 2.17 bits per heavy atom. The van der Waals surface area contributed by atoms with Gasteiger partial charge in [-0.05, 0) is 46.1 Å². The van der Waals surface area contributed by atoms with E-state index in [2.05, 4.69) is 0 Å². The van der Waals surface area contributed by atoms with Gasteiger partial charge in [0.05, 0.1) is 0 Å². The van der Waals surface area contributed by atoms with E-state index in [1.165, 1.54) is 11.8 Å². The van der Waals surface area contributed by atoms with E-state index in [4.69, 9.17) is 9.47 Å². The monoisotopic (exact) mass is 407 g/mol. The number of rotatable bonds is 10. The smallest absolute Gasteiger partial charge is 0.411 e. The van der Waals surface area contributed by atoms with Crippen LogP contribution >= 0.6 is 0 Å². The predicted octanol–water partition coefficient (Wildman–Crippen LogP) is 4.39. The Morgan fingerprint density at radius 1 is 1.03 bits per heavy atom. The van der Waals surface area contributed by atoms with Gasteiger partial charge in [0.15, 0.2) is 0 Å². The zero-order chi connectivity index (χ0) is 22.1. The maximum Gasteiger partial charge on any atom is 0.411 e. The van der Waals surface area contributed by atoms with Crippen LogP contribution in [0.15, 0.2) is 30.3 Å². The molecule has 0 spiro atoms. The fourth-order valence-corrected chi connectivity index (χ4v) is 2.65. The van der Waals surface area contributed by atoms with Gasteiger partial charge in [-0.2, -0.15) is 0 Å². The Bertz CT molecular complexity index is 682. The summed E-state index contributed by atoms with van der Waals surface area (Å²) in [5.41, 5.74) is -1.57. The van der Waals surface area contributed by atoms with Gasteiger partial charge in [0, 0.05) is 5.54 Å². The van der Waals surface area contributed by atoms with E-state index in [0.29, 0.717) is 6.42 Å². The standard InChI is InChI=1S/C22H33NO6/c1-6-7-11-14-22(5,19(25)26)29-20(27)23(21(2,3)4)15-18(24)28-16-17-12-9-8-10-13-17/h8-10,12-13H,6-7,11,14-16H2,1-5H3,(H,25,26). The van der Waals surface area contributed by atoms with E-state index in [1.807, 2.05) is 37.3 Å². The number of benzene rings is 1. The summed E-state index contributed by atoms with van der Waals surface area (Å²) >= 11 is 0. The molecule has 1 atom stereocenters. The number of esters is 1. The number of hydrogen-bond acceptors (Lipinski definition) is 5. The topological polar surface area (TPSA) is 93.1 Å². The normalized spacial score (nSPS) is 13.3. The molecule has 29 heavy (non-hydrogen) atoms. The summed E-state index contributed by atoms with van der Waals surface area (Å²) in [6.45, 7) is 8.39. The van der Waals surface area contributed by atoms with Crippen LogP contribution in [-0.2, 0) is 25.7 Å². The van der Waals surface area contributed by atoms with E-state index >= 15 is 0 Å². The van der Waals surface area contributed by atoms with Gasteiger partial charge < -0.3 is 14.6 Å². The highest BCUT2D eigenvalue weighted by atomic mass is 16.6. The number of carbonyl (C=O) groups excluding carboxylic acids is 2. The highest BCUT2D eigenvalue weighted by Gasteiger charge is 2.40. The highest BCUT2D eigenvalue weighted by molar-refractivity contribution is 5.83. The molecule has 0 aliphatic rings. The molecule has 1 amide bonds. The quantitative estimate of drug-likeness (QED) is 0.457. The van der Waals surface area contributed by atoms with Gasteiger partial charge >= 0.3 is 18.0 Å². The van der Waals surface area contributed by atoms with Gasteiger partial charge in [0.1, 0.15) is 13.2 Å². The SMILES string of the molecule is CCCCCC(C)(OC(=O)N(CC(=O)OCc1ccccc1)C(C)(C)C)C(=O)O. The maximum absolute atomic E-state index is 12.8. The van der Waals surface area contributed by atoms with Crippen LogP contribution < -0.4 is 0 Å². The van der Waals surface area contributed by atoms with Crippen LogP contribution in [0.4, 0.5) is 4.79 Å². The summed E-state index contributed by atoms with van der Waals surface area (Å²) in [5.74, 6) is -1.80. The van der Waals surface area contributed by atoms with Gasteiger partial charge in [0.25, 0.3) is 0 Å². The summed E-state index contributed by atoms with van der Waals surface area (Å²) < 4.78 is 10.6. The molecule has 7 heteroatoms. The van der Waals surface area contributed by atoms with Crippen LogP contribution in [0.2, 0.25) is 0 Å². The molecule has 1 N–H and O–H groups in total. The number of unbranched alkanes of at least 4 members (excludes halogenated alkanes) is 2. The van der Waals surface area contributed by atoms with Crippen molar-refractivity contribution in [3.05, 3.63) is 35.9 Å². The first-order valence-electron chi connectivity index (χ1n) is 9.93. The third-order valence-electron chi connectivity index (χ3n) is 4.58. The molecule has 0 aromatic heterocycles. The van der Waals surface area contributed by atoms with Crippen molar-refractivity contribution < 1.29 is 29.0 Å². The van der Waals surface area contributed by atoms with Crippen molar-refractivity contribution in [3.8, 4) is 0 Å². The van der Waals surface area contributed by atoms with Crippen LogP contribution in [0.25, 0.3) is 0 Å². The Balaban J connectivity index is 2.81. The summed E-state index contributed by atoms with van der Waals surface area (Å²) in [7, 11) is 0. The van der Waals surface area contributed by atoms with E-state index in [-0.39, 0.29) is 19.6 Å². The number of nitrogens with zero attached hydrogens (tertiary/aromatic N) is 1.